The van der Waals surface area contributed by atoms with Gasteiger partial charge in [0, 0.05) is 18.8 Å². The van der Waals surface area contributed by atoms with Crippen LogP contribution < -0.4 is 0 Å². The van der Waals surface area contributed by atoms with Gasteiger partial charge in [0.15, 0.2) is 0 Å². The molecule has 1 aromatic carbocycles. The van der Waals surface area contributed by atoms with Crippen LogP contribution in [0, 0.1) is 0 Å². The second-order valence-corrected chi connectivity index (χ2v) is 3.46. The standard InChI is InChI=1S/C12H12N2O3/c15-11-4-2-1-3-10(11)5-8-17-12(16)14-7-6-13-9-14/h1-4,6-7,9,15H,5,8H2. The Morgan fingerprint density at radius 3 is 2.94 bits per heavy atom. The summed E-state index contributed by atoms with van der Waals surface area (Å²) in [7, 11) is 0. The molecule has 0 saturated carbocycles. The van der Waals surface area contributed by atoms with Crippen molar-refractivity contribution in [1.82, 2.24) is 9.55 Å². The average Bonchev–Trinajstić information content (AvgIpc) is 2.85. The van der Waals surface area contributed by atoms with Gasteiger partial charge >= 0.3 is 6.09 Å². The molecule has 0 bridgehead atoms. The molecular formula is C12H12N2O3. The van der Waals surface area contributed by atoms with Crippen LogP contribution >= 0.6 is 0 Å². The number of hydrogen-bond acceptors (Lipinski definition) is 4. The van der Waals surface area contributed by atoms with Gasteiger partial charge in [-0.1, -0.05) is 18.2 Å². The number of carbonyl (C=O) groups excluding carboxylic acids is 1. The van der Waals surface area contributed by atoms with Gasteiger partial charge in [-0.3, -0.25) is 0 Å². The molecule has 88 valence electrons. The van der Waals surface area contributed by atoms with E-state index in [1.165, 1.54) is 23.3 Å². The highest BCUT2D eigenvalue weighted by molar-refractivity contribution is 5.69. The number of nitrogens with zero attached hydrogens (tertiary/aromatic N) is 2. The molecule has 0 aliphatic rings. The number of phenols is 1. The molecule has 0 amide bonds. The van der Waals surface area contributed by atoms with Crippen molar-refractivity contribution in [2.24, 2.45) is 0 Å². The van der Waals surface area contributed by atoms with Gasteiger partial charge in [-0.2, -0.15) is 0 Å². The smallest absolute Gasteiger partial charge is 0.419 e. The average molecular weight is 232 g/mol. The summed E-state index contributed by atoms with van der Waals surface area (Å²) < 4.78 is 6.27. The monoisotopic (exact) mass is 232 g/mol. The number of ether oxygens (including phenoxy) is 1. The van der Waals surface area contributed by atoms with Crippen LogP contribution in [0.5, 0.6) is 5.75 Å². The van der Waals surface area contributed by atoms with E-state index in [0.717, 1.165) is 5.56 Å². The van der Waals surface area contributed by atoms with Gasteiger partial charge in [0.1, 0.15) is 12.1 Å². The molecular weight excluding hydrogens is 220 g/mol. The van der Waals surface area contributed by atoms with Crippen LogP contribution in [0.2, 0.25) is 0 Å². The molecule has 1 N–H and O–H groups in total. The largest absolute Gasteiger partial charge is 0.508 e. The molecule has 0 radical (unpaired) electrons. The minimum absolute atomic E-state index is 0.214. The van der Waals surface area contributed by atoms with Gasteiger partial charge in [0.2, 0.25) is 0 Å². The quantitative estimate of drug-likeness (QED) is 0.876. The Morgan fingerprint density at radius 1 is 1.41 bits per heavy atom. The van der Waals surface area contributed by atoms with Crippen LogP contribution in [0.1, 0.15) is 5.56 Å². The third-order valence-corrected chi connectivity index (χ3v) is 2.30. The highest BCUT2D eigenvalue weighted by Gasteiger charge is 2.05. The maximum Gasteiger partial charge on any atom is 0.419 e. The molecule has 0 aliphatic heterocycles. The van der Waals surface area contributed by atoms with Gasteiger partial charge in [-0.05, 0) is 11.6 Å². The number of aromatic nitrogens is 2. The van der Waals surface area contributed by atoms with Crippen LogP contribution in [-0.4, -0.2) is 27.4 Å². The van der Waals surface area contributed by atoms with E-state index in [0.29, 0.717) is 6.42 Å². The fourth-order valence-corrected chi connectivity index (χ4v) is 1.41. The van der Waals surface area contributed by atoms with Crippen molar-refractivity contribution in [2.45, 2.75) is 6.42 Å². The molecule has 1 aromatic heterocycles. The highest BCUT2D eigenvalue weighted by Crippen LogP contribution is 2.15. The Bertz CT molecular complexity index is 494. The Labute approximate surface area is 98.3 Å². The minimum Gasteiger partial charge on any atom is -0.508 e. The summed E-state index contributed by atoms with van der Waals surface area (Å²) in [5.74, 6) is 0.214. The minimum atomic E-state index is -0.474. The number of imidazole rings is 1. The van der Waals surface area contributed by atoms with Crippen molar-refractivity contribution in [2.75, 3.05) is 6.61 Å². The summed E-state index contributed by atoms with van der Waals surface area (Å²) in [5.41, 5.74) is 0.755. The summed E-state index contributed by atoms with van der Waals surface area (Å²) in [5, 5.41) is 9.50. The molecule has 0 fully saturated rings. The number of hydrogen-bond donors (Lipinski definition) is 1. The van der Waals surface area contributed by atoms with E-state index in [9.17, 15) is 9.90 Å². The maximum absolute atomic E-state index is 11.4. The fraction of sp³-hybridized carbons (Fsp3) is 0.167. The van der Waals surface area contributed by atoms with Crippen molar-refractivity contribution in [3.63, 3.8) is 0 Å². The lowest BCUT2D eigenvalue weighted by atomic mass is 10.1. The maximum atomic E-state index is 11.4. The zero-order valence-electron chi connectivity index (χ0n) is 9.11. The molecule has 2 aromatic rings. The van der Waals surface area contributed by atoms with Crippen molar-refractivity contribution in [1.29, 1.82) is 0 Å². The Balaban J connectivity index is 1.84. The van der Waals surface area contributed by atoms with Crippen LogP contribution in [0.3, 0.4) is 0 Å². The fourth-order valence-electron chi connectivity index (χ4n) is 1.41. The van der Waals surface area contributed by atoms with E-state index in [-0.39, 0.29) is 12.4 Å². The third-order valence-electron chi connectivity index (χ3n) is 2.30. The second-order valence-electron chi connectivity index (χ2n) is 3.46. The summed E-state index contributed by atoms with van der Waals surface area (Å²) in [6.45, 7) is 0.217. The zero-order valence-corrected chi connectivity index (χ0v) is 9.11. The first-order valence-electron chi connectivity index (χ1n) is 5.19. The molecule has 0 unspecified atom stereocenters. The van der Waals surface area contributed by atoms with E-state index in [1.54, 1.807) is 18.2 Å². The first-order chi connectivity index (χ1) is 8.27. The third kappa shape index (κ3) is 2.84. The van der Waals surface area contributed by atoms with Crippen LogP contribution in [-0.2, 0) is 11.2 Å². The number of carbonyl (C=O) groups is 1. The van der Waals surface area contributed by atoms with Crippen molar-refractivity contribution in [3.8, 4) is 5.75 Å². The van der Waals surface area contributed by atoms with E-state index in [1.807, 2.05) is 6.07 Å². The second kappa shape index (κ2) is 5.16. The molecule has 1 heterocycles. The molecule has 5 nitrogen and oxygen atoms in total. The van der Waals surface area contributed by atoms with Crippen molar-refractivity contribution < 1.29 is 14.6 Å². The number of aromatic hydroxyl groups is 1. The van der Waals surface area contributed by atoms with Gasteiger partial charge in [-0.15, -0.1) is 0 Å². The van der Waals surface area contributed by atoms with E-state index in [4.69, 9.17) is 4.74 Å². The first-order valence-corrected chi connectivity index (χ1v) is 5.19. The summed E-state index contributed by atoms with van der Waals surface area (Å²) in [6.07, 6.45) is 4.40. The number of benzene rings is 1. The number of rotatable bonds is 3. The number of phenolic OH excluding ortho intramolecular Hbond substituents is 1. The highest BCUT2D eigenvalue weighted by atomic mass is 16.5. The van der Waals surface area contributed by atoms with Gasteiger partial charge in [0.05, 0.1) is 6.61 Å². The number of para-hydroxylation sites is 1. The van der Waals surface area contributed by atoms with Gasteiger partial charge < -0.3 is 9.84 Å². The SMILES string of the molecule is O=C(OCCc1ccccc1O)n1ccnc1. The zero-order chi connectivity index (χ0) is 12.1. The van der Waals surface area contributed by atoms with Crippen LogP contribution in [0.25, 0.3) is 0 Å². The van der Waals surface area contributed by atoms with E-state index in [2.05, 4.69) is 4.98 Å². The Hall–Kier alpha value is -2.30. The predicted octanol–water partition coefficient (Wildman–Crippen LogP) is 1.82. The lowest BCUT2D eigenvalue weighted by Gasteiger charge is -2.06. The molecule has 2 rings (SSSR count). The first kappa shape index (κ1) is 11.2. The summed E-state index contributed by atoms with van der Waals surface area (Å²) in [4.78, 5) is 15.2. The van der Waals surface area contributed by atoms with E-state index >= 15 is 0 Å². The van der Waals surface area contributed by atoms with Gasteiger partial charge in [0.25, 0.3) is 0 Å². The lowest BCUT2D eigenvalue weighted by molar-refractivity contribution is 0.149. The predicted molar refractivity (Wildman–Crippen MR) is 60.8 cm³/mol. The van der Waals surface area contributed by atoms with Crippen LogP contribution in [0.4, 0.5) is 4.79 Å². The lowest BCUT2D eigenvalue weighted by Crippen LogP contribution is -2.13. The molecule has 0 atom stereocenters. The normalized spacial score (nSPS) is 10.1. The van der Waals surface area contributed by atoms with Crippen molar-refractivity contribution in [3.05, 3.63) is 48.5 Å². The topological polar surface area (TPSA) is 64.3 Å². The molecule has 0 spiro atoms. The molecule has 0 saturated heterocycles. The Kier molecular flexibility index (Phi) is 3.40. The van der Waals surface area contributed by atoms with Crippen LogP contribution in [0.15, 0.2) is 43.0 Å². The van der Waals surface area contributed by atoms with Crippen molar-refractivity contribution >= 4 is 6.09 Å². The molecule has 17 heavy (non-hydrogen) atoms. The Morgan fingerprint density at radius 2 is 2.24 bits per heavy atom. The van der Waals surface area contributed by atoms with Gasteiger partial charge in [-0.25, -0.2) is 14.3 Å². The summed E-state index contributed by atoms with van der Waals surface area (Å²) >= 11 is 0. The van der Waals surface area contributed by atoms with E-state index < -0.39 is 6.09 Å². The summed E-state index contributed by atoms with van der Waals surface area (Å²) in [6, 6.07) is 6.97. The molecule has 0 aliphatic carbocycles. The molecule has 5 heteroatoms.